The number of nitrogens with one attached hydrogen (secondary N) is 1. The lowest BCUT2D eigenvalue weighted by atomic mass is 10.0. The molecular formula is C21H25N3O2. The second-order valence-electron chi connectivity index (χ2n) is 8.17. The van der Waals surface area contributed by atoms with Crippen LogP contribution in [0.5, 0.6) is 5.75 Å². The van der Waals surface area contributed by atoms with Gasteiger partial charge in [-0.15, -0.1) is 0 Å². The van der Waals surface area contributed by atoms with Gasteiger partial charge in [-0.25, -0.2) is 0 Å². The van der Waals surface area contributed by atoms with Crippen molar-refractivity contribution in [2.75, 3.05) is 20.2 Å². The number of rotatable bonds is 4. The van der Waals surface area contributed by atoms with Crippen LogP contribution < -0.4 is 15.6 Å². The maximum atomic E-state index is 11.9. The van der Waals surface area contributed by atoms with E-state index in [2.05, 4.69) is 28.4 Å². The molecule has 136 valence electrons. The van der Waals surface area contributed by atoms with Crippen LogP contribution in [0.25, 0.3) is 11.1 Å². The largest absolute Gasteiger partial charge is 0.496 e. The second kappa shape index (κ2) is 5.44. The molecule has 3 fully saturated rings. The third kappa shape index (κ3) is 2.27. The van der Waals surface area contributed by atoms with Crippen LogP contribution in [0.3, 0.4) is 0 Å². The summed E-state index contributed by atoms with van der Waals surface area (Å²) in [6.07, 6.45) is 3.25. The molecule has 1 aromatic carbocycles. The molecule has 3 atom stereocenters. The smallest absolute Gasteiger partial charge is 0.253 e. The number of hydrogen-bond donors (Lipinski definition) is 1. The van der Waals surface area contributed by atoms with Gasteiger partial charge in [-0.2, -0.15) is 0 Å². The van der Waals surface area contributed by atoms with Gasteiger partial charge in [-0.05, 0) is 42.5 Å². The van der Waals surface area contributed by atoms with E-state index in [-0.39, 0.29) is 5.56 Å². The number of aryl methyl sites for hydroxylation is 2. The van der Waals surface area contributed by atoms with Gasteiger partial charge in [0.1, 0.15) is 5.75 Å². The van der Waals surface area contributed by atoms with Crippen LogP contribution >= 0.6 is 0 Å². The molecule has 1 aliphatic carbocycles. The number of aromatic nitrogens is 1. The van der Waals surface area contributed by atoms with Crippen molar-refractivity contribution in [2.45, 2.75) is 31.5 Å². The predicted octanol–water partition coefficient (Wildman–Crippen LogP) is 1.92. The minimum Gasteiger partial charge on any atom is -0.496 e. The van der Waals surface area contributed by atoms with Crippen molar-refractivity contribution < 1.29 is 4.74 Å². The van der Waals surface area contributed by atoms with Crippen LogP contribution in [0.1, 0.15) is 17.5 Å². The molecule has 0 spiro atoms. The van der Waals surface area contributed by atoms with Gasteiger partial charge in [0, 0.05) is 55.6 Å². The number of hydrogen-bond acceptors (Lipinski definition) is 4. The molecule has 3 heterocycles. The normalized spacial score (nSPS) is 29.0. The first kappa shape index (κ1) is 16.1. The van der Waals surface area contributed by atoms with E-state index in [0.717, 1.165) is 48.0 Å². The van der Waals surface area contributed by atoms with Crippen molar-refractivity contribution in [2.24, 2.45) is 13.0 Å². The third-order valence-electron chi connectivity index (χ3n) is 6.57. The summed E-state index contributed by atoms with van der Waals surface area (Å²) < 4.78 is 7.35. The van der Waals surface area contributed by atoms with Crippen LogP contribution in [-0.2, 0) is 13.6 Å². The SMILES string of the molecule is COc1cc(-c2cc(C)c(=O)n(C)c2)ccc1CN1CC23C[C@H]2C1CN3. The van der Waals surface area contributed by atoms with Gasteiger partial charge in [-0.1, -0.05) is 12.1 Å². The minimum atomic E-state index is 0.0490. The van der Waals surface area contributed by atoms with Crippen molar-refractivity contribution in [3.05, 3.63) is 51.9 Å². The van der Waals surface area contributed by atoms with E-state index in [1.807, 2.05) is 19.2 Å². The van der Waals surface area contributed by atoms with E-state index in [4.69, 9.17) is 4.74 Å². The number of likely N-dealkylation sites (tertiary alicyclic amines) is 1. The summed E-state index contributed by atoms with van der Waals surface area (Å²) in [4.78, 5) is 14.6. The Labute approximate surface area is 153 Å². The van der Waals surface area contributed by atoms with Gasteiger partial charge in [0.15, 0.2) is 0 Å². The maximum Gasteiger partial charge on any atom is 0.253 e. The average molecular weight is 351 g/mol. The Bertz CT molecular complexity index is 925. The molecule has 2 bridgehead atoms. The monoisotopic (exact) mass is 351 g/mol. The van der Waals surface area contributed by atoms with E-state index >= 15 is 0 Å². The summed E-state index contributed by atoms with van der Waals surface area (Å²) in [7, 11) is 3.54. The fourth-order valence-corrected chi connectivity index (χ4v) is 5.07. The third-order valence-corrected chi connectivity index (χ3v) is 6.57. The van der Waals surface area contributed by atoms with E-state index in [1.54, 1.807) is 18.7 Å². The summed E-state index contributed by atoms with van der Waals surface area (Å²) in [5.41, 5.74) is 4.60. The molecule has 1 N–H and O–H groups in total. The predicted molar refractivity (Wildman–Crippen MR) is 101 cm³/mol. The Morgan fingerprint density at radius 2 is 2.15 bits per heavy atom. The Balaban J connectivity index is 1.43. The van der Waals surface area contributed by atoms with Crippen molar-refractivity contribution in [3.63, 3.8) is 0 Å². The van der Waals surface area contributed by atoms with Crippen LogP contribution in [0.15, 0.2) is 35.3 Å². The molecule has 5 nitrogen and oxygen atoms in total. The van der Waals surface area contributed by atoms with E-state index in [0.29, 0.717) is 11.6 Å². The summed E-state index contributed by atoms with van der Waals surface area (Å²) in [5.74, 6) is 1.79. The van der Waals surface area contributed by atoms with Gasteiger partial charge in [0.05, 0.1) is 7.11 Å². The zero-order chi connectivity index (χ0) is 18.1. The number of pyridine rings is 1. The quantitative estimate of drug-likeness (QED) is 0.914. The highest BCUT2D eigenvalue weighted by molar-refractivity contribution is 5.66. The van der Waals surface area contributed by atoms with Crippen molar-refractivity contribution in [1.82, 2.24) is 14.8 Å². The van der Waals surface area contributed by atoms with Gasteiger partial charge in [0.25, 0.3) is 5.56 Å². The summed E-state index contributed by atoms with van der Waals surface area (Å²) in [6, 6.07) is 9.06. The van der Waals surface area contributed by atoms with Crippen LogP contribution in [0.4, 0.5) is 0 Å². The maximum absolute atomic E-state index is 11.9. The van der Waals surface area contributed by atoms with Crippen LogP contribution in [0, 0.1) is 12.8 Å². The van der Waals surface area contributed by atoms with Crippen molar-refractivity contribution in [1.29, 1.82) is 0 Å². The molecule has 2 aliphatic heterocycles. The van der Waals surface area contributed by atoms with E-state index in [9.17, 15) is 4.79 Å². The van der Waals surface area contributed by atoms with Gasteiger partial charge in [-0.3, -0.25) is 9.69 Å². The second-order valence-corrected chi connectivity index (χ2v) is 8.17. The first-order valence-electron chi connectivity index (χ1n) is 9.34. The van der Waals surface area contributed by atoms with Gasteiger partial charge >= 0.3 is 0 Å². The lowest BCUT2D eigenvalue weighted by molar-refractivity contribution is 0.170. The highest BCUT2D eigenvalue weighted by atomic mass is 16.5. The summed E-state index contributed by atoms with van der Waals surface area (Å²) in [6.45, 7) is 5.09. The minimum absolute atomic E-state index is 0.0490. The number of benzene rings is 1. The van der Waals surface area contributed by atoms with E-state index in [1.165, 1.54) is 12.0 Å². The van der Waals surface area contributed by atoms with Crippen molar-refractivity contribution >= 4 is 0 Å². The number of ether oxygens (including phenoxy) is 1. The molecule has 1 aromatic heterocycles. The van der Waals surface area contributed by atoms with Gasteiger partial charge < -0.3 is 14.6 Å². The zero-order valence-electron chi connectivity index (χ0n) is 15.6. The fourth-order valence-electron chi connectivity index (χ4n) is 5.07. The molecule has 0 radical (unpaired) electrons. The number of piperidine rings is 2. The molecule has 2 unspecified atom stereocenters. The van der Waals surface area contributed by atoms with Crippen LogP contribution in [0.2, 0.25) is 0 Å². The highest BCUT2D eigenvalue weighted by Crippen LogP contribution is 2.57. The molecule has 26 heavy (non-hydrogen) atoms. The molecule has 2 aromatic rings. The zero-order valence-corrected chi connectivity index (χ0v) is 15.6. The summed E-state index contributed by atoms with van der Waals surface area (Å²) >= 11 is 0. The Morgan fingerprint density at radius 1 is 1.31 bits per heavy atom. The molecule has 5 rings (SSSR count). The first-order chi connectivity index (χ1) is 12.5. The average Bonchev–Trinajstić information content (AvgIpc) is 3.11. The molecular weight excluding hydrogens is 326 g/mol. The molecule has 1 saturated carbocycles. The molecule has 3 aliphatic rings. The van der Waals surface area contributed by atoms with Crippen LogP contribution in [-0.4, -0.2) is 41.2 Å². The Hall–Kier alpha value is -2.11. The first-order valence-corrected chi connectivity index (χ1v) is 9.34. The standard InChI is InChI=1S/C21H25N3O2/c1-13-6-16(10-23(2)20(13)25)14-4-5-15(19(7-14)26-3)11-24-12-21-8-17(21)18(24)9-22-21/h4-7,10,17-18,22H,8-9,11-12H2,1-3H3/t17-,18?,21?/m0/s1. The number of nitrogens with zero attached hydrogens (tertiary/aromatic N) is 2. The van der Waals surface area contributed by atoms with E-state index < -0.39 is 0 Å². The number of piperazine rings is 1. The topological polar surface area (TPSA) is 46.5 Å². The molecule has 0 amide bonds. The summed E-state index contributed by atoms with van der Waals surface area (Å²) in [5, 5.41) is 3.70. The fraction of sp³-hybridized carbons (Fsp3) is 0.476. The highest BCUT2D eigenvalue weighted by Gasteiger charge is 2.68. The lowest BCUT2D eigenvalue weighted by Gasteiger charge is -2.33. The number of methoxy groups -OCH3 is 1. The van der Waals surface area contributed by atoms with Gasteiger partial charge in [0.2, 0.25) is 0 Å². The molecule has 2 saturated heterocycles. The Kier molecular flexibility index (Phi) is 3.37. The van der Waals surface area contributed by atoms with Crippen molar-refractivity contribution in [3.8, 4) is 16.9 Å². The molecule has 5 heteroatoms. The lowest BCUT2D eigenvalue weighted by Crippen LogP contribution is -2.49. The Morgan fingerprint density at radius 3 is 2.77 bits per heavy atom.